The van der Waals surface area contributed by atoms with E-state index in [1.807, 2.05) is 13.0 Å². The summed E-state index contributed by atoms with van der Waals surface area (Å²) in [6, 6.07) is 10.1. The Labute approximate surface area is 126 Å². The summed E-state index contributed by atoms with van der Waals surface area (Å²) >= 11 is 5.95. The molecule has 21 heavy (non-hydrogen) atoms. The number of hydrogen-bond acceptors (Lipinski definition) is 2. The lowest BCUT2D eigenvalue weighted by Crippen LogP contribution is -2.20. The number of hydrogen-bond donors (Lipinski definition) is 2. The molecule has 0 spiro atoms. The Hall–Kier alpha value is -2.58. The largest absolute Gasteiger partial charge is 0.323 e. The number of aryl methyl sites for hydroxylation is 1. The van der Waals surface area contributed by atoms with Gasteiger partial charge in [-0.15, -0.1) is 0 Å². The van der Waals surface area contributed by atoms with Crippen LogP contribution < -0.4 is 10.6 Å². The number of nitrogens with zero attached hydrogens (tertiary/aromatic N) is 1. The fourth-order valence-electron chi connectivity index (χ4n) is 1.64. The molecule has 0 fully saturated rings. The van der Waals surface area contributed by atoms with Gasteiger partial charge in [-0.2, -0.15) is 5.26 Å². The van der Waals surface area contributed by atoms with Gasteiger partial charge in [0.05, 0.1) is 17.3 Å². The molecule has 106 valence electrons. The number of nitriles is 1. The second-order valence-corrected chi connectivity index (χ2v) is 4.76. The quantitative estimate of drug-likeness (QED) is 0.868. The van der Waals surface area contributed by atoms with Crippen LogP contribution >= 0.6 is 11.6 Å². The lowest BCUT2D eigenvalue weighted by Gasteiger charge is -2.09. The van der Waals surface area contributed by atoms with Crippen molar-refractivity contribution in [2.24, 2.45) is 0 Å². The highest BCUT2D eigenvalue weighted by Gasteiger charge is 2.08. The molecule has 6 heteroatoms. The molecule has 0 bridgehead atoms. The topological polar surface area (TPSA) is 64.9 Å². The van der Waals surface area contributed by atoms with Crippen LogP contribution in [-0.4, -0.2) is 6.03 Å². The zero-order valence-electron chi connectivity index (χ0n) is 11.1. The molecule has 2 N–H and O–H groups in total. The molecule has 0 unspecified atom stereocenters. The van der Waals surface area contributed by atoms with Crippen LogP contribution in [0.25, 0.3) is 0 Å². The summed E-state index contributed by atoms with van der Waals surface area (Å²) in [5, 5.41) is 14.1. The van der Waals surface area contributed by atoms with Gasteiger partial charge in [-0.3, -0.25) is 0 Å². The van der Waals surface area contributed by atoms with Gasteiger partial charge >= 0.3 is 6.03 Å². The highest BCUT2D eigenvalue weighted by Crippen LogP contribution is 2.20. The molecule has 2 aromatic carbocycles. The summed E-state index contributed by atoms with van der Waals surface area (Å²) in [7, 11) is 0. The van der Waals surface area contributed by atoms with Crippen LogP contribution in [0.4, 0.5) is 20.6 Å². The van der Waals surface area contributed by atoms with E-state index >= 15 is 0 Å². The minimum Gasteiger partial charge on any atom is -0.308 e. The highest BCUT2D eigenvalue weighted by atomic mass is 35.5. The predicted molar refractivity (Wildman–Crippen MR) is 79.9 cm³/mol. The Morgan fingerprint density at radius 2 is 2.00 bits per heavy atom. The standard InChI is InChI=1S/C15H11ClFN3O/c1-9-2-4-11(7-12(9)16)19-15(21)20-14-5-3-10(8-18)6-13(14)17/h2-7H,1H3,(H2,19,20,21). The lowest BCUT2D eigenvalue weighted by molar-refractivity contribution is 0.262. The average molecular weight is 304 g/mol. The summed E-state index contributed by atoms with van der Waals surface area (Å²) in [5.41, 5.74) is 1.56. The van der Waals surface area contributed by atoms with Crippen molar-refractivity contribution in [2.75, 3.05) is 10.6 Å². The summed E-state index contributed by atoms with van der Waals surface area (Å²) in [6.45, 7) is 1.85. The minimum absolute atomic E-state index is 0.00953. The van der Waals surface area contributed by atoms with E-state index in [2.05, 4.69) is 10.6 Å². The number of benzene rings is 2. The third kappa shape index (κ3) is 3.71. The Kier molecular flexibility index (Phi) is 4.41. The van der Waals surface area contributed by atoms with E-state index in [-0.39, 0.29) is 11.3 Å². The number of rotatable bonds is 2. The van der Waals surface area contributed by atoms with E-state index < -0.39 is 11.8 Å². The van der Waals surface area contributed by atoms with Crippen molar-refractivity contribution in [1.29, 1.82) is 5.26 Å². The van der Waals surface area contributed by atoms with Gasteiger partial charge in [-0.05, 0) is 42.8 Å². The molecule has 0 aliphatic carbocycles. The van der Waals surface area contributed by atoms with Crippen LogP contribution in [0.1, 0.15) is 11.1 Å². The molecule has 0 saturated heterocycles. The van der Waals surface area contributed by atoms with E-state index in [1.54, 1.807) is 18.2 Å². The zero-order chi connectivity index (χ0) is 15.4. The molecule has 2 aromatic rings. The van der Waals surface area contributed by atoms with Gasteiger partial charge in [0.15, 0.2) is 0 Å². The summed E-state index contributed by atoms with van der Waals surface area (Å²) in [5.74, 6) is -0.675. The average Bonchev–Trinajstić information content (AvgIpc) is 2.45. The van der Waals surface area contributed by atoms with Crippen molar-refractivity contribution >= 4 is 29.0 Å². The fraction of sp³-hybridized carbons (Fsp3) is 0.0667. The molecule has 2 amide bonds. The Bertz CT molecular complexity index is 740. The normalized spacial score (nSPS) is 9.81. The van der Waals surface area contributed by atoms with Crippen molar-refractivity contribution in [3.8, 4) is 6.07 Å². The molecular weight excluding hydrogens is 293 g/mol. The summed E-state index contributed by atoms with van der Waals surface area (Å²) in [6.07, 6.45) is 0. The summed E-state index contributed by atoms with van der Waals surface area (Å²) in [4.78, 5) is 11.8. The maximum absolute atomic E-state index is 13.6. The SMILES string of the molecule is Cc1ccc(NC(=O)Nc2ccc(C#N)cc2F)cc1Cl. The van der Waals surface area contributed by atoms with E-state index in [9.17, 15) is 9.18 Å². The molecule has 0 aliphatic rings. The van der Waals surface area contributed by atoms with Crippen LogP contribution in [-0.2, 0) is 0 Å². The first-order chi connectivity index (χ1) is 9.99. The number of anilines is 2. The van der Waals surface area contributed by atoms with Crippen LogP contribution in [0.5, 0.6) is 0 Å². The van der Waals surface area contributed by atoms with E-state index in [4.69, 9.17) is 16.9 Å². The van der Waals surface area contributed by atoms with Crippen LogP contribution in [0.2, 0.25) is 5.02 Å². The molecule has 0 aromatic heterocycles. The third-order valence-electron chi connectivity index (χ3n) is 2.78. The van der Waals surface area contributed by atoms with Crippen LogP contribution in [0.15, 0.2) is 36.4 Å². The molecule has 0 aliphatic heterocycles. The first-order valence-electron chi connectivity index (χ1n) is 6.03. The first kappa shape index (κ1) is 14.8. The number of amides is 2. The maximum atomic E-state index is 13.6. The minimum atomic E-state index is -0.675. The summed E-state index contributed by atoms with van der Waals surface area (Å²) < 4.78 is 13.6. The van der Waals surface area contributed by atoms with Crippen molar-refractivity contribution in [3.05, 3.63) is 58.4 Å². The first-order valence-corrected chi connectivity index (χ1v) is 6.41. The molecule has 0 saturated carbocycles. The molecule has 0 atom stereocenters. The molecule has 0 radical (unpaired) electrons. The predicted octanol–water partition coefficient (Wildman–Crippen LogP) is 4.30. The maximum Gasteiger partial charge on any atom is 0.323 e. The fourth-order valence-corrected chi connectivity index (χ4v) is 1.82. The number of carbonyl (C=O) groups is 1. The Morgan fingerprint density at radius 3 is 2.62 bits per heavy atom. The highest BCUT2D eigenvalue weighted by molar-refractivity contribution is 6.31. The van der Waals surface area contributed by atoms with Crippen molar-refractivity contribution in [2.45, 2.75) is 6.92 Å². The lowest BCUT2D eigenvalue weighted by atomic mass is 10.2. The van der Waals surface area contributed by atoms with Gasteiger partial charge < -0.3 is 10.6 Å². The second-order valence-electron chi connectivity index (χ2n) is 4.35. The molecule has 2 rings (SSSR count). The van der Waals surface area contributed by atoms with E-state index in [0.29, 0.717) is 10.7 Å². The van der Waals surface area contributed by atoms with Crippen molar-refractivity contribution < 1.29 is 9.18 Å². The third-order valence-corrected chi connectivity index (χ3v) is 3.18. The molecule has 0 heterocycles. The second kappa shape index (κ2) is 6.25. The number of carbonyl (C=O) groups excluding carboxylic acids is 1. The van der Waals surface area contributed by atoms with E-state index in [1.165, 1.54) is 12.1 Å². The monoisotopic (exact) mass is 303 g/mol. The smallest absolute Gasteiger partial charge is 0.308 e. The zero-order valence-corrected chi connectivity index (χ0v) is 11.8. The molecular formula is C15H11ClFN3O. The Balaban J connectivity index is 2.08. The van der Waals surface area contributed by atoms with Gasteiger partial charge in [-0.1, -0.05) is 17.7 Å². The number of urea groups is 1. The van der Waals surface area contributed by atoms with Crippen LogP contribution in [0.3, 0.4) is 0 Å². The van der Waals surface area contributed by atoms with Gasteiger partial charge in [0, 0.05) is 10.7 Å². The Morgan fingerprint density at radius 1 is 1.24 bits per heavy atom. The van der Waals surface area contributed by atoms with Crippen LogP contribution in [0, 0.1) is 24.1 Å². The number of nitrogens with one attached hydrogen (secondary N) is 2. The molecule has 4 nitrogen and oxygen atoms in total. The number of halogens is 2. The van der Waals surface area contributed by atoms with Gasteiger partial charge in [-0.25, -0.2) is 9.18 Å². The van der Waals surface area contributed by atoms with Crippen molar-refractivity contribution in [3.63, 3.8) is 0 Å². The van der Waals surface area contributed by atoms with Gasteiger partial charge in [0.1, 0.15) is 5.82 Å². The van der Waals surface area contributed by atoms with Crippen molar-refractivity contribution in [1.82, 2.24) is 0 Å². The van der Waals surface area contributed by atoms with Gasteiger partial charge in [0.2, 0.25) is 0 Å². The van der Waals surface area contributed by atoms with E-state index in [0.717, 1.165) is 11.6 Å². The van der Waals surface area contributed by atoms with Gasteiger partial charge in [0.25, 0.3) is 0 Å².